The first kappa shape index (κ1) is 14.3. The average Bonchev–Trinajstić information content (AvgIpc) is 2.46. The summed E-state index contributed by atoms with van der Waals surface area (Å²) in [5.41, 5.74) is 2.31. The van der Waals surface area contributed by atoms with Crippen LogP contribution in [0.2, 0.25) is 0 Å². The van der Waals surface area contributed by atoms with Crippen LogP contribution >= 0.6 is 0 Å². The van der Waals surface area contributed by atoms with Gasteiger partial charge in [0, 0.05) is 33.0 Å². The van der Waals surface area contributed by atoms with Gasteiger partial charge in [0.2, 0.25) is 0 Å². The molecule has 5 nitrogen and oxygen atoms in total. The van der Waals surface area contributed by atoms with Crippen molar-refractivity contribution < 1.29 is 4.74 Å². The first-order valence-corrected chi connectivity index (χ1v) is 6.49. The van der Waals surface area contributed by atoms with Crippen LogP contribution in [0.25, 0.3) is 0 Å². The summed E-state index contributed by atoms with van der Waals surface area (Å²) in [6.45, 7) is 2.47. The lowest BCUT2D eigenvalue weighted by Crippen LogP contribution is -2.14. The SMILES string of the molecule is CNc1cc(N(C)c2cccc(C)c2)nc(COC)n1. The molecule has 0 aliphatic heterocycles. The quantitative estimate of drug-likeness (QED) is 0.907. The zero-order valence-corrected chi connectivity index (χ0v) is 12.3. The molecule has 1 aromatic heterocycles. The molecular weight excluding hydrogens is 252 g/mol. The van der Waals surface area contributed by atoms with E-state index in [1.807, 2.05) is 31.1 Å². The van der Waals surface area contributed by atoms with Crippen molar-refractivity contribution in [2.24, 2.45) is 0 Å². The maximum Gasteiger partial charge on any atom is 0.158 e. The number of anilines is 3. The molecular formula is C15H20N4O. The highest BCUT2D eigenvalue weighted by atomic mass is 16.5. The van der Waals surface area contributed by atoms with E-state index in [4.69, 9.17) is 4.74 Å². The molecule has 1 N–H and O–H groups in total. The van der Waals surface area contributed by atoms with Gasteiger partial charge in [-0.25, -0.2) is 9.97 Å². The summed E-state index contributed by atoms with van der Waals surface area (Å²) in [7, 11) is 5.47. The van der Waals surface area contributed by atoms with Gasteiger partial charge in [-0.05, 0) is 24.6 Å². The Balaban J connectivity index is 2.37. The summed E-state index contributed by atoms with van der Waals surface area (Å²) < 4.78 is 5.12. The molecule has 0 saturated carbocycles. The predicted molar refractivity (Wildman–Crippen MR) is 81.5 cm³/mol. The average molecular weight is 272 g/mol. The van der Waals surface area contributed by atoms with Crippen LogP contribution in [0.15, 0.2) is 30.3 Å². The van der Waals surface area contributed by atoms with Crippen LogP contribution < -0.4 is 10.2 Å². The normalized spacial score (nSPS) is 10.4. The van der Waals surface area contributed by atoms with E-state index in [9.17, 15) is 0 Å². The van der Waals surface area contributed by atoms with E-state index >= 15 is 0 Å². The lowest BCUT2D eigenvalue weighted by molar-refractivity contribution is 0.178. The largest absolute Gasteiger partial charge is 0.377 e. The van der Waals surface area contributed by atoms with Crippen molar-refractivity contribution in [2.75, 3.05) is 31.4 Å². The van der Waals surface area contributed by atoms with Crippen molar-refractivity contribution in [3.8, 4) is 0 Å². The third-order valence-corrected chi connectivity index (χ3v) is 3.02. The molecule has 0 bridgehead atoms. The molecule has 0 unspecified atom stereocenters. The molecule has 0 fully saturated rings. The third-order valence-electron chi connectivity index (χ3n) is 3.02. The van der Waals surface area contributed by atoms with Crippen molar-refractivity contribution in [1.82, 2.24) is 9.97 Å². The number of ether oxygens (including phenoxy) is 1. The fourth-order valence-electron chi connectivity index (χ4n) is 1.95. The summed E-state index contributed by atoms with van der Waals surface area (Å²) in [5.74, 6) is 2.28. The molecule has 2 rings (SSSR count). The highest BCUT2D eigenvalue weighted by Crippen LogP contribution is 2.24. The second-order valence-electron chi connectivity index (χ2n) is 4.61. The Bertz CT molecular complexity index is 586. The van der Waals surface area contributed by atoms with Crippen LogP contribution in [-0.2, 0) is 11.3 Å². The Kier molecular flexibility index (Phi) is 4.53. The van der Waals surface area contributed by atoms with E-state index in [1.54, 1.807) is 7.11 Å². The zero-order chi connectivity index (χ0) is 14.5. The Morgan fingerprint density at radius 2 is 2.05 bits per heavy atom. The number of methoxy groups -OCH3 is 1. The number of rotatable bonds is 5. The van der Waals surface area contributed by atoms with Gasteiger partial charge in [-0.3, -0.25) is 0 Å². The Morgan fingerprint density at radius 3 is 2.70 bits per heavy atom. The lowest BCUT2D eigenvalue weighted by atomic mass is 10.2. The first-order valence-electron chi connectivity index (χ1n) is 6.49. The molecule has 0 atom stereocenters. The van der Waals surface area contributed by atoms with E-state index in [0.29, 0.717) is 12.4 Å². The number of hydrogen-bond acceptors (Lipinski definition) is 5. The minimum atomic E-state index is 0.393. The number of benzene rings is 1. The summed E-state index contributed by atoms with van der Waals surface area (Å²) in [6.07, 6.45) is 0. The van der Waals surface area contributed by atoms with Crippen molar-refractivity contribution in [3.05, 3.63) is 41.7 Å². The fraction of sp³-hybridized carbons (Fsp3) is 0.333. The number of nitrogens with zero attached hydrogens (tertiary/aromatic N) is 3. The minimum absolute atomic E-state index is 0.393. The number of aryl methyl sites for hydroxylation is 1. The highest BCUT2D eigenvalue weighted by Gasteiger charge is 2.09. The van der Waals surface area contributed by atoms with Gasteiger partial charge in [0.15, 0.2) is 5.82 Å². The molecule has 0 aliphatic carbocycles. The summed E-state index contributed by atoms with van der Waals surface area (Å²) in [6, 6.07) is 10.2. The van der Waals surface area contributed by atoms with Crippen LogP contribution in [0.3, 0.4) is 0 Å². The van der Waals surface area contributed by atoms with Crippen LogP contribution in [0.1, 0.15) is 11.4 Å². The standard InChI is InChI=1S/C15H20N4O/c1-11-6-5-7-12(8-11)19(3)15-9-13(16-2)17-14(18-15)10-20-4/h5-9H,10H2,1-4H3,(H,16,17,18). The fourth-order valence-corrected chi connectivity index (χ4v) is 1.95. The molecule has 0 radical (unpaired) electrons. The Hall–Kier alpha value is -2.14. The second-order valence-corrected chi connectivity index (χ2v) is 4.61. The topological polar surface area (TPSA) is 50.3 Å². The van der Waals surface area contributed by atoms with Gasteiger partial charge in [0.25, 0.3) is 0 Å². The molecule has 1 heterocycles. The molecule has 106 valence electrons. The van der Waals surface area contributed by atoms with Crippen LogP contribution in [-0.4, -0.2) is 31.2 Å². The van der Waals surface area contributed by atoms with Crippen molar-refractivity contribution in [1.29, 1.82) is 0 Å². The van der Waals surface area contributed by atoms with E-state index in [0.717, 1.165) is 17.3 Å². The van der Waals surface area contributed by atoms with Crippen LogP contribution in [0.4, 0.5) is 17.3 Å². The highest BCUT2D eigenvalue weighted by molar-refractivity contribution is 5.62. The van der Waals surface area contributed by atoms with Gasteiger partial charge in [0.05, 0.1) is 0 Å². The smallest absolute Gasteiger partial charge is 0.158 e. The van der Waals surface area contributed by atoms with Gasteiger partial charge < -0.3 is 15.0 Å². The molecule has 0 amide bonds. The van der Waals surface area contributed by atoms with Crippen LogP contribution in [0, 0.1) is 6.92 Å². The Morgan fingerprint density at radius 1 is 1.25 bits per heavy atom. The van der Waals surface area contributed by atoms with Gasteiger partial charge >= 0.3 is 0 Å². The maximum atomic E-state index is 5.12. The van der Waals surface area contributed by atoms with E-state index in [2.05, 4.69) is 40.4 Å². The van der Waals surface area contributed by atoms with Gasteiger partial charge in [-0.2, -0.15) is 0 Å². The first-order chi connectivity index (χ1) is 9.63. The van der Waals surface area contributed by atoms with E-state index < -0.39 is 0 Å². The van der Waals surface area contributed by atoms with Gasteiger partial charge in [-0.15, -0.1) is 0 Å². The predicted octanol–water partition coefficient (Wildman–Crippen LogP) is 2.74. The number of aromatic nitrogens is 2. The lowest BCUT2D eigenvalue weighted by Gasteiger charge is -2.20. The van der Waals surface area contributed by atoms with Crippen molar-refractivity contribution in [3.63, 3.8) is 0 Å². The minimum Gasteiger partial charge on any atom is -0.377 e. The molecule has 0 aliphatic rings. The molecule has 2 aromatic rings. The number of nitrogens with one attached hydrogen (secondary N) is 1. The van der Waals surface area contributed by atoms with E-state index in [-0.39, 0.29) is 0 Å². The Labute approximate surface area is 119 Å². The summed E-state index contributed by atoms with van der Waals surface area (Å²) in [4.78, 5) is 10.9. The molecule has 0 saturated heterocycles. The molecule has 1 aromatic carbocycles. The maximum absolute atomic E-state index is 5.12. The summed E-state index contributed by atoms with van der Waals surface area (Å²) >= 11 is 0. The van der Waals surface area contributed by atoms with E-state index in [1.165, 1.54) is 5.56 Å². The summed E-state index contributed by atoms with van der Waals surface area (Å²) in [5, 5.41) is 3.05. The zero-order valence-electron chi connectivity index (χ0n) is 12.3. The van der Waals surface area contributed by atoms with Crippen molar-refractivity contribution in [2.45, 2.75) is 13.5 Å². The second kappa shape index (κ2) is 6.34. The third kappa shape index (κ3) is 3.24. The molecule has 5 heteroatoms. The number of hydrogen-bond donors (Lipinski definition) is 1. The molecule has 20 heavy (non-hydrogen) atoms. The van der Waals surface area contributed by atoms with Gasteiger partial charge in [0.1, 0.15) is 18.2 Å². The monoisotopic (exact) mass is 272 g/mol. The molecule has 0 spiro atoms. The van der Waals surface area contributed by atoms with Crippen LogP contribution in [0.5, 0.6) is 0 Å². The van der Waals surface area contributed by atoms with Gasteiger partial charge in [-0.1, -0.05) is 12.1 Å². The van der Waals surface area contributed by atoms with Crippen molar-refractivity contribution >= 4 is 17.3 Å².